The van der Waals surface area contributed by atoms with Crippen LogP contribution in [0.2, 0.25) is 0 Å². The summed E-state index contributed by atoms with van der Waals surface area (Å²) in [5.41, 5.74) is 5.74. The molecule has 0 bridgehead atoms. The summed E-state index contributed by atoms with van der Waals surface area (Å²) in [6.07, 6.45) is 0.603. The van der Waals surface area contributed by atoms with Gasteiger partial charge in [0.1, 0.15) is 12.3 Å². The van der Waals surface area contributed by atoms with Crippen LogP contribution in [0.5, 0.6) is 0 Å². The fourth-order valence-electron chi connectivity index (χ4n) is 1.16. The maximum Gasteiger partial charge on any atom is 0.240 e. The number of aliphatic hydroxyl groups is 1. The Bertz CT molecular complexity index is 161. The van der Waals surface area contributed by atoms with E-state index in [1.165, 1.54) is 0 Å². The van der Waals surface area contributed by atoms with E-state index in [-0.39, 0.29) is 11.9 Å². The van der Waals surface area contributed by atoms with Crippen molar-refractivity contribution in [3.63, 3.8) is 0 Å². The lowest BCUT2D eigenvalue weighted by molar-refractivity contribution is -0.129. The number of nitrogens with one attached hydrogen (secondary N) is 3. The van der Waals surface area contributed by atoms with E-state index in [0.717, 1.165) is 6.54 Å². The molecule has 70 valence electrons. The van der Waals surface area contributed by atoms with E-state index in [0.29, 0.717) is 12.8 Å². The van der Waals surface area contributed by atoms with Crippen LogP contribution in [0, 0.1) is 0 Å². The molecule has 0 aromatic rings. The number of carbonyl (C=O) groups excluding carboxylic acids is 1. The van der Waals surface area contributed by atoms with Gasteiger partial charge in [-0.15, -0.1) is 0 Å². The predicted molar refractivity (Wildman–Crippen MR) is 44.0 cm³/mol. The Balaban J connectivity index is 2.30. The Kier molecular flexibility index (Phi) is 3.46. The summed E-state index contributed by atoms with van der Waals surface area (Å²) < 4.78 is 0. The van der Waals surface area contributed by atoms with Crippen LogP contribution >= 0.6 is 0 Å². The zero-order chi connectivity index (χ0) is 8.97. The number of hydrogen-bond acceptors (Lipinski definition) is 4. The number of hydrogen-bond donors (Lipinski definition) is 4. The maximum atomic E-state index is 11.1. The maximum absolute atomic E-state index is 11.1. The van der Waals surface area contributed by atoms with E-state index in [2.05, 4.69) is 16.2 Å². The lowest BCUT2D eigenvalue weighted by atomic mass is 10.1. The van der Waals surface area contributed by atoms with E-state index < -0.39 is 6.23 Å². The van der Waals surface area contributed by atoms with Crippen molar-refractivity contribution in [2.45, 2.75) is 32.0 Å². The van der Waals surface area contributed by atoms with Gasteiger partial charge in [-0.1, -0.05) is 6.92 Å². The highest BCUT2D eigenvalue weighted by Gasteiger charge is 2.25. The van der Waals surface area contributed by atoms with Crippen molar-refractivity contribution < 1.29 is 9.90 Å². The minimum atomic E-state index is -0.669. The van der Waals surface area contributed by atoms with Crippen molar-refractivity contribution in [3.8, 4) is 0 Å². The molecule has 2 atom stereocenters. The van der Waals surface area contributed by atoms with Gasteiger partial charge in [-0.05, 0) is 12.8 Å². The SMILES string of the molecule is CCNNC1CCC(O)NC1=O. The van der Waals surface area contributed by atoms with Crippen LogP contribution in [0.25, 0.3) is 0 Å². The zero-order valence-electron chi connectivity index (χ0n) is 7.13. The fourth-order valence-corrected chi connectivity index (χ4v) is 1.16. The van der Waals surface area contributed by atoms with Crippen LogP contribution in [0.1, 0.15) is 19.8 Å². The molecule has 0 spiro atoms. The Morgan fingerprint density at radius 3 is 3.00 bits per heavy atom. The molecule has 4 N–H and O–H groups in total. The second-order valence-corrected chi connectivity index (χ2v) is 2.83. The van der Waals surface area contributed by atoms with Crippen molar-refractivity contribution in [3.05, 3.63) is 0 Å². The van der Waals surface area contributed by atoms with Gasteiger partial charge in [0.15, 0.2) is 0 Å². The van der Waals surface area contributed by atoms with Gasteiger partial charge >= 0.3 is 0 Å². The van der Waals surface area contributed by atoms with Crippen molar-refractivity contribution in [2.75, 3.05) is 6.54 Å². The molecule has 1 fully saturated rings. The average Bonchev–Trinajstić information content (AvgIpc) is 2.03. The lowest BCUT2D eigenvalue weighted by Crippen LogP contribution is -2.55. The number of amides is 1. The largest absolute Gasteiger partial charge is 0.374 e. The van der Waals surface area contributed by atoms with Gasteiger partial charge in [0.25, 0.3) is 0 Å². The second kappa shape index (κ2) is 4.39. The molecule has 0 aromatic carbocycles. The molecule has 5 heteroatoms. The van der Waals surface area contributed by atoms with Gasteiger partial charge in [-0.2, -0.15) is 0 Å². The summed E-state index contributed by atoms with van der Waals surface area (Å²) in [5.74, 6) is -0.144. The predicted octanol–water partition coefficient (Wildman–Crippen LogP) is -1.30. The summed E-state index contributed by atoms with van der Waals surface area (Å²) in [4.78, 5) is 11.1. The molecule has 0 saturated carbocycles. The van der Waals surface area contributed by atoms with Gasteiger partial charge in [0.2, 0.25) is 5.91 Å². The first-order valence-corrected chi connectivity index (χ1v) is 4.21. The van der Waals surface area contributed by atoms with E-state index in [1.54, 1.807) is 0 Å². The summed E-state index contributed by atoms with van der Waals surface area (Å²) >= 11 is 0. The van der Waals surface area contributed by atoms with E-state index in [1.807, 2.05) is 6.92 Å². The molecule has 12 heavy (non-hydrogen) atoms. The highest BCUT2D eigenvalue weighted by molar-refractivity contribution is 5.82. The van der Waals surface area contributed by atoms with Crippen LogP contribution in [0.4, 0.5) is 0 Å². The molecule has 0 aromatic heterocycles. The number of rotatable bonds is 3. The van der Waals surface area contributed by atoms with Crippen LogP contribution in [0.15, 0.2) is 0 Å². The minimum absolute atomic E-state index is 0.144. The van der Waals surface area contributed by atoms with Crippen molar-refractivity contribution in [1.29, 1.82) is 0 Å². The van der Waals surface area contributed by atoms with Gasteiger partial charge in [0.05, 0.1) is 0 Å². The topological polar surface area (TPSA) is 73.4 Å². The monoisotopic (exact) mass is 173 g/mol. The number of hydrazine groups is 1. The first-order valence-electron chi connectivity index (χ1n) is 4.21. The summed E-state index contributed by atoms with van der Waals surface area (Å²) in [5, 5.41) is 11.5. The standard InChI is InChI=1S/C7H15N3O2/c1-2-8-10-5-3-4-6(11)9-7(5)12/h5-6,8,10-11H,2-4H2,1H3,(H,9,12). The van der Waals surface area contributed by atoms with Crippen molar-refractivity contribution in [1.82, 2.24) is 16.2 Å². The van der Waals surface area contributed by atoms with Crippen LogP contribution in [-0.2, 0) is 4.79 Å². The van der Waals surface area contributed by atoms with Crippen molar-refractivity contribution >= 4 is 5.91 Å². The van der Waals surface area contributed by atoms with Crippen LogP contribution in [-0.4, -0.2) is 29.8 Å². The Labute approximate surface area is 71.5 Å². The third kappa shape index (κ3) is 2.44. The third-order valence-corrected chi connectivity index (χ3v) is 1.81. The first-order chi connectivity index (χ1) is 5.74. The Morgan fingerprint density at radius 2 is 2.42 bits per heavy atom. The molecular weight excluding hydrogens is 158 g/mol. The molecule has 0 aliphatic carbocycles. The molecule has 0 radical (unpaired) electrons. The van der Waals surface area contributed by atoms with E-state index in [4.69, 9.17) is 5.11 Å². The molecular formula is C7H15N3O2. The third-order valence-electron chi connectivity index (χ3n) is 1.81. The fraction of sp³-hybridized carbons (Fsp3) is 0.857. The van der Waals surface area contributed by atoms with E-state index in [9.17, 15) is 4.79 Å². The Morgan fingerprint density at radius 1 is 1.67 bits per heavy atom. The highest BCUT2D eigenvalue weighted by atomic mass is 16.3. The summed E-state index contributed by atoms with van der Waals surface area (Å²) in [6.45, 7) is 2.72. The van der Waals surface area contributed by atoms with Gasteiger partial charge in [-0.25, -0.2) is 5.43 Å². The average molecular weight is 173 g/mol. The van der Waals surface area contributed by atoms with Gasteiger partial charge in [0, 0.05) is 6.54 Å². The second-order valence-electron chi connectivity index (χ2n) is 2.83. The molecule has 1 heterocycles. The molecule has 1 aliphatic heterocycles. The van der Waals surface area contributed by atoms with Crippen LogP contribution in [0.3, 0.4) is 0 Å². The zero-order valence-corrected chi connectivity index (χ0v) is 7.13. The molecule has 1 rings (SSSR count). The molecule has 1 amide bonds. The normalized spacial score (nSPS) is 30.0. The Hall–Kier alpha value is -0.650. The first kappa shape index (κ1) is 9.44. The molecule has 1 aliphatic rings. The minimum Gasteiger partial charge on any atom is -0.374 e. The number of carbonyl (C=O) groups is 1. The molecule has 1 saturated heterocycles. The summed E-state index contributed by atoms with van der Waals surface area (Å²) in [6, 6.07) is -0.214. The lowest BCUT2D eigenvalue weighted by Gasteiger charge is -2.26. The van der Waals surface area contributed by atoms with Crippen LogP contribution < -0.4 is 16.2 Å². The molecule has 5 nitrogen and oxygen atoms in total. The molecule has 2 unspecified atom stereocenters. The number of piperidine rings is 1. The quantitative estimate of drug-likeness (QED) is 0.400. The van der Waals surface area contributed by atoms with Gasteiger partial charge < -0.3 is 10.4 Å². The number of aliphatic hydroxyl groups excluding tert-OH is 1. The van der Waals surface area contributed by atoms with Crippen molar-refractivity contribution in [2.24, 2.45) is 0 Å². The van der Waals surface area contributed by atoms with E-state index >= 15 is 0 Å². The highest BCUT2D eigenvalue weighted by Crippen LogP contribution is 2.06. The van der Waals surface area contributed by atoms with Gasteiger partial charge in [-0.3, -0.25) is 10.2 Å². The summed E-state index contributed by atoms with van der Waals surface area (Å²) in [7, 11) is 0. The smallest absolute Gasteiger partial charge is 0.240 e.